The molecule has 1 aromatic carbocycles. The number of Topliss-reactive ketones (excluding diaryl/α,β-unsaturated/α-hetero) is 1. The number of hydrogen-bond donors (Lipinski definition) is 1. The molecule has 0 aliphatic carbocycles. The Hall–Kier alpha value is -2.16. The fraction of sp³-hybridized carbons (Fsp3) is 0.294. The quantitative estimate of drug-likeness (QED) is 0.766. The van der Waals surface area contributed by atoms with E-state index in [1.165, 1.54) is 11.2 Å². The lowest BCUT2D eigenvalue weighted by atomic mass is 10.1. The highest BCUT2D eigenvalue weighted by Gasteiger charge is 2.33. The number of nitrogens with zero attached hydrogens (tertiary/aromatic N) is 3. The summed E-state index contributed by atoms with van der Waals surface area (Å²) in [5, 5.41) is 3.20. The predicted octanol–water partition coefficient (Wildman–Crippen LogP) is 1.91. The Labute approximate surface area is 153 Å². The van der Waals surface area contributed by atoms with Crippen LogP contribution in [0.2, 0.25) is 0 Å². The molecule has 0 spiro atoms. The van der Waals surface area contributed by atoms with Crippen LogP contribution in [-0.4, -0.2) is 46.6 Å². The summed E-state index contributed by atoms with van der Waals surface area (Å²) in [6.45, 7) is -0.132. The molecule has 1 saturated heterocycles. The van der Waals surface area contributed by atoms with Gasteiger partial charge in [0.2, 0.25) is 5.91 Å². The van der Waals surface area contributed by atoms with E-state index in [-0.39, 0.29) is 30.8 Å². The number of rotatable bonds is 5. The number of amides is 1. The maximum atomic E-state index is 12.2. The third-order valence-electron chi connectivity index (χ3n) is 3.97. The Kier molecular flexibility index (Phi) is 5.52. The van der Waals surface area contributed by atoms with Gasteiger partial charge in [-0.25, -0.2) is 9.97 Å². The van der Waals surface area contributed by atoms with Crippen LogP contribution >= 0.6 is 15.9 Å². The maximum absolute atomic E-state index is 12.2. The van der Waals surface area contributed by atoms with Gasteiger partial charge in [-0.2, -0.15) is 0 Å². The van der Waals surface area contributed by atoms with Crippen molar-refractivity contribution in [3.63, 3.8) is 0 Å². The van der Waals surface area contributed by atoms with Gasteiger partial charge < -0.3 is 9.64 Å². The van der Waals surface area contributed by atoms with E-state index in [9.17, 15) is 9.59 Å². The second kappa shape index (κ2) is 7.81. The van der Waals surface area contributed by atoms with Crippen molar-refractivity contribution in [1.29, 1.82) is 0 Å². The molecule has 2 atom stereocenters. The van der Waals surface area contributed by atoms with Crippen molar-refractivity contribution < 1.29 is 14.3 Å². The van der Waals surface area contributed by atoms with Crippen LogP contribution in [0.4, 0.5) is 0 Å². The number of nitrogens with one attached hydrogen (secondary N) is 1. The van der Waals surface area contributed by atoms with Crippen molar-refractivity contribution in [3.8, 4) is 0 Å². The number of carbonyl (C=O) groups is 2. The van der Waals surface area contributed by atoms with E-state index in [1.54, 1.807) is 43.6 Å². The highest BCUT2D eigenvalue weighted by molar-refractivity contribution is 9.10. The number of carbonyl (C=O) groups excluding carboxylic acids is 2. The molecule has 2 unspecified atom stereocenters. The van der Waals surface area contributed by atoms with Gasteiger partial charge in [-0.15, -0.1) is 0 Å². The second-order valence-corrected chi connectivity index (χ2v) is 6.57. The number of benzene rings is 1. The largest absolute Gasteiger partial charge is 0.337 e. The van der Waals surface area contributed by atoms with Gasteiger partial charge >= 0.3 is 0 Å². The summed E-state index contributed by atoms with van der Waals surface area (Å²) in [6, 6.07) is 8.52. The van der Waals surface area contributed by atoms with Crippen molar-refractivity contribution in [2.75, 3.05) is 13.7 Å². The van der Waals surface area contributed by atoms with Gasteiger partial charge in [0.25, 0.3) is 0 Å². The summed E-state index contributed by atoms with van der Waals surface area (Å²) in [5.74, 6) is -0.234. The minimum atomic E-state index is -0.694. The zero-order valence-electron chi connectivity index (χ0n) is 13.6. The third-order valence-corrected chi connectivity index (χ3v) is 4.50. The first-order chi connectivity index (χ1) is 12.0. The SMILES string of the molecule is CN1C(=O)CC(c2ccncn2)NC1OCC(=O)c1ccc(Br)cc1. The standard InChI is InChI=1S/C17H17BrN4O3/c1-22-16(24)8-14(13-6-7-19-10-20-13)21-17(22)25-9-15(23)11-2-4-12(18)5-3-11/h2-7,10,14,17,21H,8-9H2,1H3. The Bertz CT molecular complexity index is 754. The van der Waals surface area contributed by atoms with E-state index in [0.29, 0.717) is 11.3 Å². The third kappa shape index (κ3) is 4.28. The number of halogens is 1. The molecule has 0 bridgehead atoms. The lowest BCUT2D eigenvalue weighted by molar-refractivity contribution is -0.154. The van der Waals surface area contributed by atoms with Crippen molar-refractivity contribution in [1.82, 2.24) is 20.2 Å². The van der Waals surface area contributed by atoms with Crippen molar-refractivity contribution >= 4 is 27.6 Å². The van der Waals surface area contributed by atoms with Crippen molar-refractivity contribution in [3.05, 3.63) is 58.6 Å². The summed E-state index contributed by atoms with van der Waals surface area (Å²) < 4.78 is 6.55. The van der Waals surface area contributed by atoms with E-state index in [4.69, 9.17) is 4.74 Å². The van der Waals surface area contributed by atoms with E-state index in [2.05, 4.69) is 31.2 Å². The second-order valence-electron chi connectivity index (χ2n) is 5.66. The Morgan fingerprint density at radius 1 is 1.36 bits per heavy atom. The zero-order chi connectivity index (χ0) is 17.8. The fourth-order valence-electron chi connectivity index (χ4n) is 2.52. The molecule has 1 aliphatic rings. The van der Waals surface area contributed by atoms with Gasteiger partial charge in [0.1, 0.15) is 12.9 Å². The summed E-state index contributed by atoms with van der Waals surface area (Å²) in [6.07, 6.45) is 2.64. The molecule has 25 heavy (non-hydrogen) atoms. The van der Waals surface area contributed by atoms with E-state index in [0.717, 1.165) is 4.47 Å². The molecule has 1 N–H and O–H groups in total. The molecule has 1 aliphatic heterocycles. The van der Waals surface area contributed by atoms with Crippen LogP contribution in [0.5, 0.6) is 0 Å². The highest BCUT2D eigenvalue weighted by Crippen LogP contribution is 2.22. The molecule has 2 heterocycles. The molecule has 7 nitrogen and oxygen atoms in total. The first-order valence-electron chi connectivity index (χ1n) is 7.72. The first-order valence-corrected chi connectivity index (χ1v) is 8.52. The summed E-state index contributed by atoms with van der Waals surface area (Å²) in [7, 11) is 1.64. The van der Waals surface area contributed by atoms with Crippen LogP contribution in [0, 0.1) is 0 Å². The van der Waals surface area contributed by atoms with E-state index < -0.39 is 6.35 Å². The summed E-state index contributed by atoms with van der Waals surface area (Å²) >= 11 is 3.33. The van der Waals surface area contributed by atoms with E-state index in [1.807, 2.05) is 0 Å². The average Bonchev–Trinajstić information content (AvgIpc) is 2.64. The van der Waals surface area contributed by atoms with Crippen LogP contribution in [-0.2, 0) is 9.53 Å². The van der Waals surface area contributed by atoms with Crippen LogP contribution in [0.25, 0.3) is 0 Å². The molecule has 1 fully saturated rings. The van der Waals surface area contributed by atoms with Crippen LogP contribution < -0.4 is 5.32 Å². The predicted molar refractivity (Wildman–Crippen MR) is 93.5 cm³/mol. The van der Waals surface area contributed by atoms with Gasteiger partial charge in [-0.1, -0.05) is 28.1 Å². The number of aromatic nitrogens is 2. The van der Waals surface area contributed by atoms with Gasteiger partial charge in [0, 0.05) is 29.7 Å². The lowest BCUT2D eigenvalue weighted by Crippen LogP contribution is -2.55. The van der Waals surface area contributed by atoms with Crippen molar-refractivity contribution in [2.45, 2.75) is 18.8 Å². The molecule has 130 valence electrons. The molecule has 3 rings (SSSR count). The highest BCUT2D eigenvalue weighted by atomic mass is 79.9. The molecule has 0 saturated carbocycles. The monoisotopic (exact) mass is 404 g/mol. The minimum Gasteiger partial charge on any atom is -0.337 e. The molecule has 1 amide bonds. The smallest absolute Gasteiger partial charge is 0.227 e. The molecular formula is C17H17BrN4O3. The summed E-state index contributed by atoms with van der Waals surface area (Å²) in [5.41, 5.74) is 1.27. The van der Waals surface area contributed by atoms with Gasteiger partial charge in [-0.3, -0.25) is 14.9 Å². The average molecular weight is 405 g/mol. The minimum absolute atomic E-state index is 0.0801. The lowest BCUT2D eigenvalue weighted by Gasteiger charge is -2.37. The van der Waals surface area contributed by atoms with E-state index >= 15 is 0 Å². The topological polar surface area (TPSA) is 84.4 Å². The number of ether oxygens (including phenoxy) is 1. The Morgan fingerprint density at radius 2 is 2.12 bits per heavy atom. The molecule has 2 aromatic rings. The molecule has 0 radical (unpaired) electrons. The number of ketones is 1. The Morgan fingerprint density at radius 3 is 2.80 bits per heavy atom. The maximum Gasteiger partial charge on any atom is 0.227 e. The van der Waals surface area contributed by atoms with Gasteiger partial charge in [0.05, 0.1) is 11.7 Å². The normalized spacial score (nSPS) is 20.6. The number of hydrogen-bond acceptors (Lipinski definition) is 6. The summed E-state index contributed by atoms with van der Waals surface area (Å²) in [4.78, 5) is 34.0. The van der Waals surface area contributed by atoms with Crippen LogP contribution in [0.3, 0.4) is 0 Å². The Balaban J connectivity index is 1.64. The fourth-order valence-corrected chi connectivity index (χ4v) is 2.79. The van der Waals surface area contributed by atoms with Gasteiger partial charge in [0.15, 0.2) is 12.1 Å². The molecular weight excluding hydrogens is 388 g/mol. The van der Waals surface area contributed by atoms with Crippen LogP contribution in [0.15, 0.2) is 47.3 Å². The zero-order valence-corrected chi connectivity index (χ0v) is 15.1. The van der Waals surface area contributed by atoms with Gasteiger partial charge in [-0.05, 0) is 18.2 Å². The first kappa shape index (κ1) is 17.7. The molecule has 1 aromatic heterocycles. The molecule has 8 heteroatoms. The van der Waals surface area contributed by atoms with Crippen molar-refractivity contribution in [2.24, 2.45) is 0 Å². The van der Waals surface area contributed by atoms with Crippen LogP contribution in [0.1, 0.15) is 28.5 Å².